The number of halogens is 4. The van der Waals surface area contributed by atoms with E-state index in [0.717, 1.165) is 23.3 Å². The Bertz CT molecular complexity index is 642. The fraction of sp³-hybridized carbons (Fsp3) is 0.250. The van der Waals surface area contributed by atoms with Gasteiger partial charge in [0.25, 0.3) is 0 Å². The lowest BCUT2D eigenvalue weighted by Gasteiger charge is -2.16. The first-order valence-electron chi connectivity index (χ1n) is 6.39. The summed E-state index contributed by atoms with van der Waals surface area (Å²) in [4.78, 5) is 0. The molecule has 0 heterocycles. The van der Waals surface area contributed by atoms with E-state index in [2.05, 4.69) is 0 Å². The second-order valence-corrected chi connectivity index (χ2v) is 5.14. The molecule has 112 valence electrons. The first kappa shape index (κ1) is 15.5. The topological polar surface area (TPSA) is 26.0 Å². The van der Waals surface area contributed by atoms with Crippen LogP contribution >= 0.6 is 0 Å². The lowest BCUT2D eigenvalue weighted by molar-refractivity contribution is -0.140. The van der Waals surface area contributed by atoms with Crippen molar-refractivity contribution in [3.63, 3.8) is 0 Å². The largest absolute Gasteiger partial charge is 0.419 e. The molecule has 2 aromatic rings. The maximum Gasteiger partial charge on any atom is 0.419 e. The van der Waals surface area contributed by atoms with Crippen LogP contribution in [0.4, 0.5) is 17.6 Å². The van der Waals surface area contributed by atoms with Gasteiger partial charge in [-0.05, 0) is 37.1 Å². The minimum atomic E-state index is -4.73. The molecule has 0 saturated carbocycles. The van der Waals surface area contributed by atoms with Crippen molar-refractivity contribution in [3.8, 4) is 0 Å². The number of nitrogens with two attached hydrogens (primary N) is 1. The van der Waals surface area contributed by atoms with Crippen molar-refractivity contribution in [2.75, 3.05) is 0 Å². The van der Waals surface area contributed by atoms with Crippen molar-refractivity contribution in [2.45, 2.75) is 26.1 Å². The van der Waals surface area contributed by atoms with Gasteiger partial charge in [0, 0.05) is 0 Å². The highest BCUT2D eigenvalue weighted by Gasteiger charge is 2.34. The van der Waals surface area contributed by atoms with Gasteiger partial charge in [-0.1, -0.05) is 35.4 Å². The van der Waals surface area contributed by atoms with Crippen LogP contribution in [0.3, 0.4) is 0 Å². The third kappa shape index (κ3) is 3.42. The van der Waals surface area contributed by atoms with Gasteiger partial charge in [0.1, 0.15) is 5.82 Å². The molecule has 2 rings (SSSR count). The van der Waals surface area contributed by atoms with E-state index in [0.29, 0.717) is 5.56 Å². The van der Waals surface area contributed by atoms with E-state index < -0.39 is 23.6 Å². The molecule has 0 amide bonds. The number of hydrogen-bond acceptors (Lipinski definition) is 1. The van der Waals surface area contributed by atoms with Gasteiger partial charge in [0.15, 0.2) is 0 Å². The van der Waals surface area contributed by atoms with Gasteiger partial charge < -0.3 is 5.73 Å². The Labute approximate surface area is 120 Å². The number of hydrogen-bond donors (Lipinski definition) is 1. The van der Waals surface area contributed by atoms with E-state index in [1.807, 2.05) is 32.0 Å². The molecule has 0 aromatic heterocycles. The summed E-state index contributed by atoms with van der Waals surface area (Å²) in [5.74, 6) is -1.29. The van der Waals surface area contributed by atoms with Crippen LogP contribution in [-0.2, 0) is 6.18 Å². The second kappa shape index (κ2) is 5.48. The maximum absolute atomic E-state index is 13.3. The summed E-state index contributed by atoms with van der Waals surface area (Å²) in [6.07, 6.45) is -4.73. The summed E-state index contributed by atoms with van der Waals surface area (Å²) in [6.45, 7) is 3.77. The van der Waals surface area contributed by atoms with Gasteiger partial charge >= 0.3 is 6.18 Å². The van der Waals surface area contributed by atoms with Crippen LogP contribution in [0.15, 0.2) is 36.4 Å². The number of aryl methyl sites for hydroxylation is 2. The molecule has 0 spiro atoms. The quantitative estimate of drug-likeness (QED) is 0.811. The molecule has 5 heteroatoms. The highest BCUT2D eigenvalue weighted by Crippen LogP contribution is 2.33. The summed E-state index contributed by atoms with van der Waals surface area (Å²) in [7, 11) is 0. The van der Waals surface area contributed by atoms with Crippen LogP contribution in [0, 0.1) is 19.7 Å². The zero-order chi connectivity index (χ0) is 15.8. The average Bonchev–Trinajstić information content (AvgIpc) is 2.36. The molecule has 2 N–H and O–H groups in total. The lowest BCUT2D eigenvalue weighted by atomic mass is 9.95. The van der Waals surface area contributed by atoms with Crippen molar-refractivity contribution in [3.05, 3.63) is 70.0 Å². The third-order valence-corrected chi connectivity index (χ3v) is 3.26. The van der Waals surface area contributed by atoms with E-state index in [1.165, 1.54) is 6.07 Å². The monoisotopic (exact) mass is 297 g/mol. The Kier molecular flexibility index (Phi) is 4.05. The minimum absolute atomic E-state index is 0.230. The standard InChI is InChI=1S/C16H15F4N/c1-9-5-10(2)7-12(6-9)15(21)11-3-4-14(17)13(8-11)16(18,19)20/h3-8,15H,21H2,1-2H3. The third-order valence-electron chi connectivity index (χ3n) is 3.26. The van der Waals surface area contributed by atoms with Crippen molar-refractivity contribution in [2.24, 2.45) is 5.73 Å². The smallest absolute Gasteiger partial charge is 0.320 e. The van der Waals surface area contributed by atoms with Crippen LogP contribution in [0.1, 0.15) is 33.9 Å². The fourth-order valence-electron chi connectivity index (χ4n) is 2.34. The van der Waals surface area contributed by atoms with Crippen molar-refractivity contribution < 1.29 is 17.6 Å². The number of alkyl halides is 3. The van der Waals surface area contributed by atoms with E-state index in [4.69, 9.17) is 5.73 Å². The lowest BCUT2D eigenvalue weighted by Crippen LogP contribution is -2.15. The Hall–Kier alpha value is -1.88. The molecular weight excluding hydrogens is 282 g/mol. The molecule has 0 aliphatic rings. The zero-order valence-corrected chi connectivity index (χ0v) is 11.6. The average molecular weight is 297 g/mol. The molecule has 0 saturated heterocycles. The normalized spacial score (nSPS) is 13.3. The number of benzene rings is 2. The first-order valence-corrected chi connectivity index (χ1v) is 6.39. The molecular formula is C16H15F4N. The molecule has 1 nitrogen and oxygen atoms in total. The molecule has 0 bridgehead atoms. The van der Waals surface area contributed by atoms with Crippen LogP contribution < -0.4 is 5.73 Å². The molecule has 0 radical (unpaired) electrons. The second-order valence-electron chi connectivity index (χ2n) is 5.14. The van der Waals surface area contributed by atoms with Gasteiger partial charge in [-0.25, -0.2) is 4.39 Å². The maximum atomic E-state index is 13.3. The van der Waals surface area contributed by atoms with Gasteiger partial charge in [-0.3, -0.25) is 0 Å². The van der Waals surface area contributed by atoms with Gasteiger partial charge in [0.05, 0.1) is 11.6 Å². The molecule has 0 aliphatic carbocycles. The first-order chi connectivity index (χ1) is 9.68. The zero-order valence-electron chi connectivity index (χ0n) is 11.6. The molecule has 21 heavy (non-hydrogen) atoms. The highest BCUT2D eigenvalue weighted by molar-refractivity contribution is 5.38. The Morgan fingerprint density at radius 3 is 2.00 bits per heavy atom. The van der Waals surface area contributed by atoms with E-state index >= 15 is 0 Å². The molecule has 1 unspecified atom stereocenters. The van der Waals surface area contributed by atoms with Gasteiger partial charge in [-0.15, -0.1) is 0 Å². The summed E-state index contributed by atoms with van der Waals surface area (Å²) in [5, 5.41) is 0. The van der Waals surface area contributed by atoms with Crippen LogP contribution in [-0.4, -0.2) is 0 Å². The SMILES string of the molecule is Cc1cc(C)cc(C(N)c2ccc(F)c(C(F)(F)F)c2)c1. The predicted molar refractivity (Wildman–Crippen MR) is 73.3 cm³/mol. The predicted octanol–water partition coefficient (Wildman–Crippen LogP) is 4.51. The molecule has 2 aromatic carbocycles. The van der Waals surface area contributed by atoms with Crippen LogP contribution in [0.5, 0.6) is 0 Å². The van der Waals surface area contributed by atoms with E-state index in [9.17, 15) is 17.6 Å². The molecule has 0 aliphatic heterocycles. The van der Waals surface area contributed by atoms with E-state index in [1.54, 1.807) is 0 Å². The molecule has 0 fully saturated rings. The minimum Gasteiger partial charge on any atom is -0.320 e. The summed E-state index contributed by atoms with van der Waals surface area (Å²) < 4.78 is 51.5. The van der Waals surface area contributed by atoms with E-state index in [-0.39, 0.29) is 5.56 Å². The van der Waals surface area contributed by atoms with Gasteiger partial charge in [-0.2, -0.15) is 13.2 Å². The fourth-order valence-corrected chi connectivity index (χ4v) is 2.34. The molecule has 1 atom stereocenters. The van der Waals surface area contributed by atoms with Crippen molar-refractivity contribution >= 4 is 0 Å². The summed E-state index contributed by atoms with van der Waals surface area (Å²) in [6, 6.07) is 7.71. The van der Waals surface area contributed by atoms with Crippen LogP contribution in [0.25, 0.3) is 0 Å². The summed E-state index contributed by atoms with van der Waals surface area (Å²) in [5.41, 5.74) is 7.61. The Balaban J connectivity index is 2.46. The Morgan fingerprint density at radius 2 is 1.48 bits per heavy atom. The van der Waals surface area contributed by atoms with Crippen LogP contribution in [0.2, 0.25) is 0 Å². The van der Waals surface area contributed by atoms with Crippen molar-refractivity contribution in [1.29, 1.82) is 0 Å². The van der Waals surface area contributed by atoms with Crippen molar-refractivity contribution in [1.82, 2.24) is 0 Å². The Morgan fingerprint density at radius 1 is 0.905 bits per heavy atom. The van der Waals surface area contributed by atoms with Gasteiger partial charge in [0.2, 0.25) is 0 Å². The highest BCUT2D eigenvalue weighted by atomic mass is 19.4. The number of rotatable bonds is 2. The summed E-state index contributed by atoms with van der Waals surface area (Å²) >= 11 is 0.